The van der Waals surface area contributed by atoms with Crippen molar-refractivity contribution in [2.45, 2.75) is 24.5 Å². The Morgan fingerprint density at radius 2 is 1.86 bits per heavy atom. The molecule has 28 heavy (non-hydrogen) atoms. The Balaban J connectivity index is 1.58. The van der Waals surface area contributed by atoms with Gasteiger partial charge in [-0.05, 0) is 24.1 Å². The summed E-state index contributed by atoms with van der Waals surface area (Å²) < 4.78 is 1.99. The molecule has 1 aliphatic heterocycles. The van der Waals surface area contributed by atoms with E-state index >= 15 is 0 Å². The summed E-state index contributed by atoms with van der Waals surface area (Å²) in [4.78, 5) is 29.6. The van der Waals surface area contributed by atoms with E-state index in [-0.39, 0.29) is 17.6 Å². The fourth-order valence-electron chi connectivity index (χ4n) is 3.13. The summed E-state index contributed by atoms with van der Waals surface area (Å²) in [6, 6.07) is 13.8. The molecule has 0 saturated carbocycles. The number of thioether (sulfide) groups is 1. The maximum atomic E-state index is 12.4. The van der Waals surface area contributed by atoms with Gasteiger partial charge in [-0.3, -0.25) is 24.0 Å². The van der Waals surface area contributed by atoms with Gasteiger partial charge in [0.1, 0.15) is 0 Å². The largest absolute Gasteiger partial charge is 0.298 e. The lowest BCUT2D eigenvalue weighted by molar-refractivity contribution is -0.140. The predicted molar refractivity (Wildman–Crippen MR) is 105 cm³/mol. The van der Waals surface area contributed by atoms with Crippen LogP contribution in [0.2, 0.25) is 0 Å². The van der Waals surface area contributed by atoms with Crippen molar-refractivity contribution >= 4 is 23.6 Å². The summed E-state index contributed by atoms with van der Waals surface area (Å²) in [5.41, 5.74) is 2.02. The fraction of sp³-hybridized carbons (Fsp3) is 0.250. The number of nitrogens with zero attached hydrogens (tertiary/aromatic N) is 5. The molecule has 1 saturated heterocycles. The summed E-state index contributed by atoms with van der Waals surface area (Å²) in [6.07, 6.45) is 4.62. The standard InChI is InChI=1S/C20H19N5O2S/c26-17-7-4-12-24(17)18(27)14-28-20-23-22-19(16-8-10-21-11-9-16)25(20)13-15-5-2-1-3-6-15/h1-3,5-6,8-11H,4,7,12-14H2. The zero-order valence-electron chi connectivity index (χ0n) is 15.2. The maximum Gasteiger partial charge on any atom is 0.239 e. The second kappa shape index (κ2) is 8.35. The van der Waals surface area contributed by atoms with E-state index in [9.17, 15) is 9.59 Å². The second-order valence-electron chi connectivity index (χ2n) is 6.45. The average molecular weight is 393 g/mol. The third-order valence-electron chi connectivity index (χ3n) is 4.54. The van der Waals surface area contributed by atoms with Crippen LogP contribution in [-0.2, 0) is 16.1 Å². The van der Waals surface area contributed by atoms with E-state index in [1.165, 1.54) is 16.7 Å². The normalized spacial score (nSPS) is 13.9. The first-order valence-electron chi connectivity index (χ1n) is 9.06. The van der Waals surface area contributed by atoms with Crippen molar-refractivity contribution in [1.82, 2.24) is 24.6 Å². The Hall–Kier alpha value is -3.00. The van der Waals surface area contributed by atoms with E-state index in [0.29, 0.717) is 24.7 Å². The minimum Gasteiger partial charge on any atom is -0.298 e. The number of carbonyl (C=O) groups excluding carboxylic acids is 2. The smallest absolute Gasteiger partial charge is 0.239 e. The van der Waals surface area contributed by atoms with Crippen LogP contribution in [0.25, 0.3) is 11.4 Å². The van der Waals surface area contributed by atoms with Crippen LogP contribution in [0.4, 0.5) is 0 Å². The summed E-state index contributed by atoms with van der Waals surface area (Å²) in [5.74, 6) is 0.620. The Labute approximate surface area is 166 Å². The number of hydrogen-bond donors (Lipinski definition) is 0. The Morgan fingerprint density at radius 1 is 1.07 bits per heavy atom. The van der Waals surface area contributed by atoms with Gasteiger partial charge in [0.15, 0.2) is 11.0 Å². The number of imide groups is 1. The SMILES string of the molecule is O=C1CCCN1C(=O)CSc1nnc(-c2ccncc2)n1Cc1ccccc1. The molecule has 0 unspecified atom stereocenters. The van der Waals surface area contributed by atoms with Crippen LogP contribution >= 0.6 is 11.8 Å². The Bertz CT molecular complexity index is 975. The Kier molecular flexibility index (Phi) is 5.48. The van der Waals surface area contributed by atoms with Gasteiger partial charge in [0.25, 0.3) is 0 Å². The van der Waals surface area contributed by atoms with Crippen molar-refractivity contribution in [3.05, 3.63) is 60.4 Å². The van der Waals surface area contributed by atoms with Crippen LogP contribution in [0.15, 0.2) is 60.0 Å². The lowest BCUT2D eigenvalue weighted by atomic mass is 10.2. The van der Waals surface area contributed by atoms with Crippen molar-refractivity contribution in [2.75, 3.05) is 12.3 Å². The van der Waals surface area contributed by atoms with Crippen molar-refractivity contribution in [2.24, 2.45) is 0 Å². The number of carbonyl (C=O) groups is 2. The van der Waals surface area contributed by atoms with E-state index in [2.05, 4.69) is 15.2 Å². The first-order chi connectivity index (χ1) is 13.7. The molecule has 7 nitrogen and oxygen atoms in total. The average Bonchev–Trinajstić information content (AvgIpc) is 3.34. The number of amides is 2. The van der Waals surface area contributed by atoms with Crippen LogP contribution in [0.1, 0.15) is 18.4 Å². The van der Waals surface area contributed by atoms with Gasteiger partial charge in [-0.15, -0.1) is 10.2 Å². The first kappa shape index (κ1) is 18.4. The van der Waals surface area contributed by atoms with Crippen molar-refractivity contribution in [3.8, 4) is 11.4 Å². The molecule has 1 fully saturated rings. The van der Waals surface area contributed by atoms with Gasteiger partial charge in [-0.25, -0.2) is 0 Å². The number of hydrogen-bond acceptors (Lipinski definition) is 6. The van der Waals surface area contributed by atoms with E-state index in [1.54, 1.807) is 12.4 Å². The molecule has 0 N–H and O–H groups in total. The van der Waals surface area contributed by atoms with Gasteiger partial charge >= 0.3 is 0 Å². The Morgan fingerprint density at radius 3 is 2.57 bits per heavy atom. The molecule has 0 atom stereocenters. The van der Waals surface area contributed by atoms with Crippen LogP contribution in [0, 0.1) is 0 Å². The number of pyridine rings is 1. The van der Waals surface area contributed by atoms with Gasteiger partial charge < -0.3 is 0 Å². The summed E-state index contributed by atoms with van der Waals surface area (Å²) in [7, 11) is 0. The van der Waals surface area contributed by atoms with Gasteiger partial charge in [0.2, 0.25) is 11.8 Å². The molecule has 8 heteroatoms. The number of aromatic nitrogens is 4. The molecular weight excluding hydrogens is 374 g/mol. The molecule has 2 amide bonds. The third kappa shape index (κ3) is 3.96. The van der Waals surface area contributed by atoms with E-state index in [0.717, 1.165) is 23.4 Å². The van der Waals surface area contributed by atoms with Crippen LogP contribution < -0.4 is 0 Å². The van der Waals surface area contributed by atoms with Crippen molar-refractivity contribution in [1.29, 1.82) is 0 Å². The van der Waals surface area contributed by atoms with Gasteiger partial charge in [-0.2, -0.15) is 0 Å². The van der Waals surface area contributed by atoms with E-state index < -0.39 is 0 Å². The third-order valence-corrected chi connectivity index (χ3v) is 5.49. The molecule has 0 radical (unpaired) electrons. The van der Waals surface area contributed by atoms with Crippen LogP contribution in [-0.4, -0.2) is 48.8 Å². The zero-order valence-corrected chi connectivity index (χ0v) is 16.0. The highest BCUT2D eigenvalue weighted by atomic mass is 32.2. The second-order valence-corrected chi connectivity index (χ2v) is 7.39. The van der Waals surface area contributed by atoms with Crippen molar-refractivity contribution in [3.63, 3.8) is 0 Å². The molecule has 142 valence electrons. The highest BCUT2D eigenvalue weighted by Gasteiger charge is 2.27. The molecule has 0 bridgehead atoms. The molecule has 3 heterocycles. The van der Waals surface area contributed by atoms with Crippen LogP contribution in [0.3, 0.4) is 0 Å². The number of benzene rings is 1. The van der Waals surface area contributed by atoms with E-state index in [1.807, 2.05) is 47.0 Å². The topological polar surface area (TPSA) is 81.0 Å². The zero-order chi connectivity index (χ0) is 19.3. The minimum atomic E-state index is -0.174. The lowest BCUT2D eigenvalue weighted by Crippen LogP contribution is -2.33. The number of rotatable bonds is 6. The van der Waals surface area contributed by atoms with Gasteiger partial charge in [0, 0.05) is 30.9 Å². The highest BCUT2D eigenvalue weighted by molar-refractivity contribution is 7.99. The van der Waals surface area contributed by atoms with Gasteiger partial charge in [-0.1, -0.05) is 42.1 Å². The summed E-state index contributed by atoms with van der Waals surface area (Å²) in [6.45, 7) is 1.10. The van der Waals surface area contributed by atoms with Crippen molar-refractivity contribution < 1.29 is 9.59 Å². The predicted octanol–water partition coefficient (Wildman–Crippen LogP) is 2.63. The number of likely N-dealkylation sites (tertiary alicyclic amines) is 1. The molecule has 1 aliphatic rings. The highest BCUT2D eigenvalue weighted by Crippen LogP contribution is 2.25. The van der Waals surface area contributed by atoms with Gasteiger partial charge in [0.05, 0.1) is 12.3 Å². The maximum absolute atomic E-state index is 12.4. The first-order valence-corrected chi connectivity index (χ1v) is 10.0. The molecule has 1 aromatic carbocycles. The molecule has 0 spiro atoms. The van der Waals surface area contributed by atoms with Crippen LogP contribution in [0.5, 0.6) is 0 Å². The fourth-order valence-corrected chi connectivity index (χ4v) is 3.95. The monoisotopic (exact) mass is 393 g/mol. The molecule has 2 aromatic heterocycles. The lowest BCUT2D eigenvalue weighted by Gasteiger charge is -2.14. The molecule has 3 aromatic rings. The summed E-state index contributed by atoms with van der Waals surface area (Å²) in [5, 5.41) is 9.30. The molecule has 0 aliphatic carbocycles. The summed E-state index contributed by atoms with van der Waals surface area (Å²) >= 11 is 1.31. The van der Waals surface area contributed by atoms with E-state index in [4.69, 9.17) is 0 Å². The minimum absolute atomic E-state index is 0.0890. The quantitative estimate of drug-likeness (QED) is 0.599. The molecular formula is C20H19N5O2S. The molecule has 4 rings (SSSR count).